The topological polar surface area (TPSA) is 59.6 Å². The number of hydrogen-bond donors (Lipinski definition) is 2. The average molecular weight is 327 g/mol. The molecule has 22 heavy (non-hydrogen) atoms. The second-order valence-electron chi connectivity index (χ2n) is 5.56. The van der Waals surface area contributed by atoms with Gasteiger partial charge in [-0.3, -0.25) is 4.79 Å². The van der Waals surface area contributed by atoms with Crippen LogP contribution >= 0.6 is 12.4 Å². The van der Waals surface area contributed by atoms with Gasteiger partial charge < -0.3 is 20.1 Å². The third-order valence-electron chi connectivity index (χ3n) is 3.99. The highest BCUT2D eigenvalue weighted by Crippen LogP contribution is 2.30. The Bertz CT molecular complexity index is 504. The standard InChI is InChI=1S/C16H22N2O3.ClH/c19-16(13-2-1-6-17-11-13)18-7-5-12-3-4-14-15(10-12)21-9-8-20-14;/h3-4,10,13,17H,1-2,5-9,11H2,(H,18,19);1H. The molecule has 1 amide bonds. The number of rotatable bonds is 4. The molecule has 0 aliphatic carbocycles. The van der Waals surface area contributed by atoms with Crippen LogP contribution in [0.5, 0.6) is 11.5 Å². The van der Waals surface area contributed by atoms with Crippen LogP contribution in [0, 0.1) is 5.92 Å². The lowest BCUT2D eigenvalue weighted by atomic mass is 9.99. The largest absolute Gasteiger partial charge is 0.486 e. The summed E-state index contributed by atoms with van der Waals surface area (Å²) in [5.74, 6) is 1.91. The summed E-state index contributed by atoms with van der Waals surface area (Å²) in [7, 11) is 0. The Labute approximate surface area is 137 Å². The number of amides is 1. The van der Waals surface area contributed by atoms with Crippen LogP contribution in [0.1, 0.15) is 18.4 Å². The summed E-state index contributed by atoms with van der Waals surface area (Å²) in [5.41, 5.74) is 1.15. The molecule has 1 aromatic carbocycles. The number of ether oxygens (including phenoxy) is 2. The molecular weight excluding hydrogens is 304 g/mol. The molecule has 0 saturated carbocycles. The molecule has 2 N–H and O–H groups in total. The number of hydrogen-bond acceptors (Lipinski definition) is 4. The number of benzene rings is 1. The fourth-order valence-electron chi connectivity index (χ4n) is 2.79. The minimum atomic E-state index is 0. The molecule has 2 heterocycles. The summed E-state index contributed by atoms with van der Waals surface area (Å²) in [5, 5.41) is 6.30. The highest BCUT2D eigenvalue weighted by Gasteiger charge is 2.20. The quantitative estimate of drug-likeness (QED) is 0.881. The van der Waals surface area contributed by atoms with Gasteiger partial charge in [0.1, 0.15) is 13.2 Å². The predicted octanol–water partition coefficient (Wildman–Crippen LogP) is 1.54. The van der Waals surface area contributed by atoms with E-state index in [0.29, 0.717) is 19.8 Å². The zero-order valence-electron chi connectivity index (χ0n) is 12.6. The summed E-state index contributed by atoms with van der Waals surface area (Å²) < 4.78 is 11.1. The van der Waals surface area contributed by atoms with Crippen molar-refractivity contribution in [3.8, 4) is 11.5 Å². The van der Waals surface area contributed by atoms with Gasteiger partial charge in [-0.2, -0.15) is 0 Å². The number of carbonyl (C=O) groups excluding carboxylic acids is 1. The third-order valence-corrected chi connectivity index (χ3v) is 3.99. The maximum absolute atomic E-state index is 12.0. The number of fused-ring (bicyclic) bond motifs is 1. The van der Waals surface area contributed by atoms with Crippen molar-refractivity contribution in [2.24, 2.45) is 5.92 Å². The van der Waals surface area contributed by atoms with Crippen LogP contribution in [0.25, 0.3) is 0 Å². The Morgan fingerprint density at radius 2 is 2.09 bits per heavy atom. The van der Waals surface area contributed by atoms with Crippen LogP contribution in [0.3, 0.4) is 0 Å². The van der Waals surface area contributed by atoms with Gasteiger partial charge in [-0.25, -0.2) is 0 Å². The van der Waals surface area contributed by atoms with Gasteiger partial charge in [0.2, 0.25) is 5.91 Å². The Kier molecular flexibility index (Phi) is 6.34. The van der Waals surface area contributed by atoms with E-state index >= 15 is 0 Å². The first-order valence-electron chi connectivity index (χ1n) is 7.70. The number of nitrogens with one attached hydrogen (secondary N) is 2. The lowest BCUT2D eigenvalue weighted by Gasteiger charge is -2.22. The molecule has 5 nitrogen and oxygen atoms in total. The molecule has 2 aliphatic heterocycles. The van der Waals surface area contributed by atoms with Crippen LogP contribution in [0.15, 0.2) is 18.2 Å². The first-order valence-corrected chi connectivity index (χ1v) is 7.70. The normalized spacial score (nSPS) is 19.9. The molecule has 122 valence electrons. The molecule has 1 atom stereocenters. The van der Waals surface area contributed by atoms with Crippen LogP contribution < -0.4 is 20.1 Å². The number of carbonyl (C=O) groups is 1. The molecule has 0 aromatic heterocycles. The zero-order valence-corrected chi connectivity index (χ0v) is 13.4. The van der Waals surface area contributed by atoms with E-state index in [1.54, 1.807) is 0 Å². The molecule has 3 rings (SSSR count). The van der Waals surface area contributed by atoms with E-state index in [4.69, 9.17) is 9.47 Å². The number of halogens is 1. The van der Waals surface area contributed by atoms with Gasteiger partial charge in [0.15, 0.2) is 11.5 Å². The fourth-order valence-corrected chi connectivity index (χ4v) is 2.79. The minimum absolute atomic E-state index is 0. The SMILES string of the molecule is Cl.O=C(NCCc1ccc2c(c1)OCCO2)C1CCCNC1. The van der Waals surface area contributed by atoms with Crippen molar-refractivity contribution in [3.05, 3.63) is 23.8 Å². The summed E-state index contributed by atoms with van der Waals surface area (Å²) >= 11 is 0. The van der Waals surface area contributed by atoms with E-state index in [2.05, 4.69) is 10.6 Å². The first kappa shape index (κ1) is 16.9. The molecule has 1 saturated heterocycles. The lowest BCUT2D eigenvalue weighted by Crippen LogP contribution is -2.41. The average Bonchev–Trinajstić information content (AvgIpc) is 2.55. The zero-order chi connectivity index (χ0) is 14.5. The molecule has 1 aromatic rings. The fraction of sp³-hybridized carbons (Fsp3) is 0.562. The van der Waals surface area contributed by atoms with Crippen molar-refractivity contribution in [3.63, 3.8) is 0 Å². The Balaban J connectivity index is 0.00000176. The van der Waals surface area contributed by atoms with E-state index in [0.717, 1.165) is 49.4 Å². The van der Waals surface area contributed by atoms with E-state index in [-0.39, 0.29) is 24.2 Å². The first-order chi connectivity index (χ1) is 10.3. The predicted molar refractivity (Wildman–Crippen MR) is 87.0 cm³/mol. The maximum atomic E-state index is 12.0. The Hall–Kier alpha value is -1.46. The highest BCUT2D eigenvalue weighted by atomic mass is 35.5. The van der Waals surface area contributed by atoms with Crippen LogP contribution in [0.4, 0.5) is 0 Å². The summed E-state index contributed by atoms with van der Waals surface area (Å²) in [4.78, 5) is 12.0. The summed E-state index contributed by atoms with van der Waals surface area (Å²) in [6.07, 6.45) is 2.88. The van der Waals surface area contributed by atoms with E-state index in [1.165, 1.54) is 0 Å². The van der Waals surface area contributed by atoms with E-state index in [9.17, 15) is 4.79 Å². The van der Waals surface area contributed by atoms with Gasteiger partial charge in [-0.1, -0.05) is 6.07 Å². The molecule has 2 aliphatic rings. The van der Waals surface area contributed by atoms with Gasteiger partial charge >= 0.3 is 0 Å². The van der Waals surface area contributed by atoms with Gasteiger partial charge in [0, 0.05) is 13.1 Å². The summed E-state index contributed by atoms with van der Waals surface area (Å²) in [6.45, 7) is 3.70. The van der Waals surface area contributed by atoms with Crippen molar-refractivity contribution in [1.82, 2.24) is 10.6 Å². The smallest absolute Gasteiger partial charge is 0.224 e. The van der Waals surface area contributed by atoms with Crippen LogP contribution in [-0.2, 0) is 11.2 Å². The maximum Gasteiger partial charge on any atom is 0.224 e. The van der Waals surface area contributed by atoms with Crippen molar-refractivity contribution in [1.29, 1.82) is 0 Å². The molecule has 0 radical (unpaired) electrons. The molecule has 1 fully saturated rings. The van der Waals surface area contributed by atoms with E-state index < -0.39 is 0 Å². The number of piperidine rings is 1. The van der Waals surface area contributed by atoms with Gasteiger partial charge in [-0.15, -0.1) is 12.4 Å². The molecule has 0 bridgehead atoms. The highest BCUT2D eigenvalue weighted by molar-refractivity contribution is 5.85. The van der Waals surface area contributed by atoms with E-state index in [1.807, 2.05) is 18.2 Å². The minimum Gasteiger partial charge on any atom is -0.486 e. The van der Waals surface area contributed by atoms with Crippen molar-refractivity contribution in [2.75, 3.05) is 32.8 Å². The van der Waals surface area contributed by atoms with Crippen molar-refractivity contribution in [2.45, 2.75) is 19.3 Å². The van der Waals surface area contributed by atoms with Gasteiger partial charge in [0.25, 0.3) is 0 Å². The van der Waals surface area contributed by atoms with Crippen molar-refractivity contribution < 1.29 is 14.3 Å². The Morgan fingerprint density at radius 3 is 2.86 bits per heavy atom. The third kappa shape index (κ3) is 4.27. The van der Waals surface area contributed by atoms with Crippen LogP contribution in [0.2, 0.25) is 0 Å². The van der Waals surface area contributed by atoms with Crippen LogP contribution in [-0.4, -0.2) is 38.8 Å². The van der Waals surface area contributed by atoms with Gasteiger partial charge in [0.05, 0.1) is 5.92 Å². The lowest BCUT2D eigenvalue weighted by molar-refractivity contribution is -0.125. The molecule has 1 unspecified atom stereocenters. The summed E-state index contributed by atoms with van der Waals surface area (Å²) in [6, 6.07) is 5.97. The molecule has 6 heteroatoms. The molecular formula is C16H23ClN2O3. The molecule has 0 spiro atoms. The Morgan fingerprint density at radius 1 is 1.27 bits per heavy atom. The monoisotopic (exact) mass is 326 g/mol. The van der Waals surface area contributed by atoms with Gasteiger partial charge in [-0.05, 0) is 43.5 Å². The second kappa shape index (κ2) is 8.25. The van der Waals surface area contributed by atoms with Crippen molar-refractivity contribution >= 4 is 18.3 Å². The second-order valence-corrected chi connectivity index (χ2v) is 5.56.